The maximum Gasteiger partial charge on any atom is 2.00 e. The van der Waals surface area contributed by atoms with E-state index in [-0.39, 0.29) is 29.6 Å². The van der Waals surface area contributed by atoms with E-state index in [0.717, 1.165) is 25.7 Å². The van der Waals surface area contributed by atoms with E-state index in [4.69, 9.17) is 0 Å². The van der Waals surface area contributed by atoms with Crippen molar-refractivity contribution in [2.75, 3.05) is 0 Å². The van der Waals surface area contributed by atoms with Crippen LogP contribution in [0.4, 0.5) is 0 Å². The van der Waals surface area contributed by atoms with Crippen LogP contribution in [0.15, 0.2) is 0 Å². The van der Waals surface area contributed by atoms with Gasteiger partial charge in [0.2, 0.25) is 0 Å². The summed E-state index contributed by atoms with van der Waals surface area (Å²) in [7, 11) is 0. The monoisotopic (exact) mass is 313 g/mol. The number of carboxylic acids is 2. The van der Waals surface area contributed by atoms with Crippen LogP contribution in [0.2, 0.25) is 0 Å². The molecular formula is C14H22CoO4. The van der Waals surface area contributed by atoms with E-state index in [1.807, 2.05) is 0 Å². The molecule has 0 unspecified atom stereocenters. The van der Waals surface area contributed by atoms with Gasteiger partial charge in [-0.05, 0) is 24.7 Å². The Morgan fingerprint density at radius 3 is 1.21 bits per heavy atom. The maximum absolute atomic E-state index is 10.0. The maximum atomic E-state index is 10.0. The summed E-state index contributed by atoms with van der Waals surface area (Å²) in [5.74, 6) is -0.922. The zero-order valence-electron chi connectivity index (χ0n) is 11.2. The van der Waals surface area contributed by atoms with Crippen molar-refractivity contribution in [3.63, 3.8) is 0 Å². The molecule has 2 saturated carbocycles. The minimum atomic E-state index is -0.887. The zero-order chi connectivity index (χ0) is 13.4. The van der Waals surface area contributed by atoms with Crippen LogP contribution in [-0.2, 0) is 26.4 Å². The molecule has 2 rings (SSSR count). The average molecular weight is 313 g/mol. The van der Waals surface area contributed by atoms with Crippen molar-refractivity contribution in [3.8, 4) is 0 Å². The second kappa shape index (κ2) is 10.3. The van der Waals surface area contributed by atoms with E-state index in [9.17, 15) is 19.8 Å². The molecule has 0 aromatic rings. The van der Waals surface area contributed by atoms with Crippen molar-refractivity contribution in [2.45, 2.75) is 64.2 Å². The topological polar surface area (TPSA) is 80.3 Å². The summed E-state index contributed by atoms with van der Waals surface area (Å²) < 4.78 is 0. The third-order valence-electron chi connectivity index (χ3n) is 3.86. The van der Waals surface area contributed by atoms with Gasteiger partial charge in [0.05, 0.1) is 0 Å². The third-order valence-corrected chi connectivity index (χ3v) is 3.86. The second-order valence-electron chi connectivity index (χ2n) is 5.45. The standard InChI is InChI=1S/2C7H12O2.Co/c2*8-7(9)5-6-3-1-2-4-6;/h2*6H,1-5H2,(H,8,9);/q;;+2/p-2. The van der Waals surface area contributed by atoms with Crippen molar-refractivity contribution in [2.24, 2.45) is 11.8 Å². The third kappa shape index (κ3) is 9.05. The molecule has 4 nitrogen and oxygen atoms in total. The molecule has 1 radical (unpaired) electrons. The second-order valence-corrected chi connectivity index (χ2v) is 5.45. The molecule has 0 bridgehead atoms. The van der Waals surface area contributed by atoms with E-state index in [0.29, 0.717) is 11.8 Å². The normalized spacial score (nSPS) is 19.4. The van der Waals surface area contributed by atoms with Crippen molar-refractivity contribution in [1.82, 2.24) is 0 Å². The Labute approximate surface area is 125 Å². The molecule has 0 saturated heterocycles. The first-order valence-corrected chi connectivity index (χ1v) is 6.97. The molecule has 2 aliphatic rings. The molecule has 0 N–H and O–H groups in total. The van der Waals surface area contributed by atoms with E-state index in [2.05, 4.69) is 0 Å². The molecule has 0 atom stereocenters. The molecule has 2 aliphatic carbocycles. The Morgan fingerprint density at radius 1 is 0.737 bits per heavy atom. The molecule has 0 spiro atoms. The van der Waals surface area contributed by atoms with Crippen LogP contribution < -0.4 is 10.2 Å². The predicted octanol–water partition coefficient (Wildman–Crippen LogP) is 0.631. The van der Waals surface area contributed by atoms with Gasteiger partial charge < -0.3 is 19.8 Å². The summed E-state index contributed by atoms with van der Waals surface area (Å²) in [6, 6.07) is 0. The van der Waals surface area contributed by atoms with Crippen LogP contribution >= 0.6 is 0 Å². The summed E-state index contributed by atoms with van der Waals surface area (Å²) in [4.78, 5) is 20.1. The quantitative estimate of drug-likeness (QED) is 0.762. The first-order valence-electron chi connectivity index (χ1n) is 6.97. The molecule has 5 heteroatoms. The molecule has 111 valence electrons. The van der Waals surface area contributed by atoms with Gasteiger partial charge in [-0.3, -0.25) is 0 Å². The molecule has 0 aliphatic heterocycles. The Morgan fingerprint density at radius 2 is 1.00 bits per heavy atom. The number of carbonyl (C=O) groups excluding carboxylic acids is 2. The van der Waals surface area contributed by atoms with E-state index < -0.39 is 11.9 Å². The SMILES string of the molecule is O=C([O-])CC1CCCC1.O=C([O-])CC1CCCC1.[Co+2]. The van der Waals surface area contributed by atoms with E-state index in [1.165, 1.54) is 25.7 Å². The van der Waals surface area contributed by atoms with Crippen molar-refractivity contribution < 1.29 is 36.6 Å². The summed E-state index contributed by atoms with van der Waals surface area (Å²) in [6.45, 7) is 0. The number of rotatable bonds is 4. The fraction of sp³-hybridized carbons (Fsp3) is 0.857. The van der Waals surface area contributed by atoms with Gasteiger partial charge in [-0.25, -0.2) is 0 Å². The van der Waals surface area contributed by atoms with Crippen LogP contribution in [0.3, 0.4) is 0 Å². The minimum absolute atomic E-state index is 0. The van der Waals surface area contributed by atoms with Gasteiger partial charge >= 0.3 is 16.8 Å². The van der Waals surface area contributed by atoms with Crippen molar-refractivity contribution in [1.29, 1.82) is 0 Å². The molecular weight excluding hydrogens is 291 g/mol. The molecule has 0 heterocycles. The number of hydrogen-bond acceptors (Lipinski definition) is 4. The van der Waals surface area contributed by atoms with Crippen LogP contribution in [0, 0.1) is 11.8 Å². The van der Waals surface area contributed by atoms with Crippen LogP contribution in [0.5, 0.6) is 0 Å². The molecule has 0 aromatic heterocycles. The minimum Gasteiger partial charge on any atom is -0.550 e. The van der Waals surface area contributed by atoms with Crippen molar-refractivity contribution in [3.05, 3.63) is 0 Å². The first-order chi connectivity index (χ1) is 8.58. The summed E-state index contributed by atoms with van der Waals surface area (Å²) >= 11 is 0. The molecule has 0 aromatic carbocycles. The fourth-order valence-corrected chi connectivity index (χ4v) is 2.90. The number of hydrogen-bond donors (Lipinski definition) is 0. The first kappa shape index (κ1) is 18.4. The van der Waals surface area contributed by atoms with Gasteiger partial charge in [0.1, 0.15) is 0 Å². The molecule has 19 heavy (non-hydrogen) atoms. The summed E-state index contributed by atoms with van der Waals surface area (Å²) in [5.41, 5.74) is 0. The number of carboxylic acid groups (broad SMARTS) is 2. The largest absolute Gasteiger partial charge is 2.00 e. The van der Waals surface area contributed by atoms with Gasteiger partial charge in [0, 0.05) is 11.9 Å². The van der Waals surface area contributed by atoms with Crippen LogP contribution in [0.1, 0.15) is 64.2 Å². The van der Waals surface area contributed by atoms with Gasteiger partial charge in [0.25, 0.3) is 0 Å². The Bertz CT molecular complexity index is 241. The zero-order valence-corrected chi connectivity index (χ0v) is 12.2. The predicted molar refractivity (Wildman–Crippen MR) is 63.2 cm³/mol. The number of carbonyl (C=O) groups is 2. The van der Waals surface area contributed by atoms with Crippen LogP contribution in [0.25, 0.3) is 0 Å². The summed E-state index contributed by atoms with van der Waals surface area (Å²) in [5, 5.41) is 20.1. The molecule has 2 fully saturated rings. The number of aliphatic carboxylic acids is 2. The smallest absolute Gasteiger partial charge is 0.550 e. The van der Waals surface area contributed by atoms with Crippen molar-refractivity contribution >= 4 is 11.9 Å². The average Bonchev–Trinajstić information content (AvgIpc) is 2.90. The van der Waals surface area contributed by atoms with E-state index >= 15 is 0 Å². The van der Waals surface area contributed by atoms with E-state index in [1.54, 1.807) is 0 Å². The summed E-state index contributed by atoms with van der Waals surface area (Å²) in [6.07, 6.45) is 9.75. The Kier molecular flexibility index (Phi) is 9.96. The Balaban J connectivity index is 0.000000324. The fourth-order valence-electron chi connectivity index (χ4n) is 2.90. The van der Waals surface area contributed by atoms with Gasteiger partial charge in [-0.15, -0.1) is 0 Å². The Hall–Kier alpha value is -0.554. The van der Waals surface area contributed by atoms with Gasteiger partial charge in [-0.1, -0.05) is 51.4 Å². The van der Waals surface area contributed by atoms with Gasteiger partial charge in [-0.2, -0.15) is 0 Å². The molecule has 0 amide bonds. The van der Waals surface area contributed by atoms with Crippen LogP contribution in [-0.4, -0.2) is 11.9 Å². The van der Waals surface area contributed by atoms with Gasteiger partial charge in [0.15, 0.2) is 0 Å².